The van der Waals surface area contributed by atoms with E-state index < -0.39 is 0 Å². The number of ether oxygens (including phenoxy) is 2. The Labute approximate surface area is 89.8 Å². The summed E-state index contributed by atoms with van der Waals surface area (Å²) >= 11 is 0. The Kier molecular flexibility index (Phi) is 6.31. The summed E-state index contributed by atoms with van der Waals surface area (Å²) in [5.41, 5.74) is 0. The number of aliphatic hydroxyl groups excluding tert-OH is 1. The molecule has 0 spiro atoms. The first-order chi connectivity index (χ1) is 7.33. The first kappa shape index (κ1) is 12.4. The normalized spacial score (nSPS) is 20.5. The van der Waals surface area contributed by atoms with Gasteiger partial charge in [-0.2, -0.15) is 0 Å². The van der Waals surface area contributed by atoms with Crippen molar-refractivity contribution in [2.45, 2.75) is 25.4 Å². The third kappa shape index (κ3) is 5.71. The van der Waals surface area contributed by atoms with E-state index in [9.17, 15) is 4.79 Å². The molecule has 0 aromatic carbocycles. The molecule has 0 aliphatic carbocycles. The van der Waals surface area contributed by atoms with Gasteiger partial charge in [0.2, 0.25) is 5.91 Å². The summed E-state index contributed by atoms with van der Waals surface area (Å²) in [5, 5.41) is 11.0. The molecule has 5 heteroatoms. The van der Waals surface area contributed by atoms with Crippen LogP contribution in [0.2, 0.25) is 0 Å². The lowest BCUT2D eigenvalue weighted by atomic mass is 10.2. The Hall–Kier alpha value is -0.650. The van der Waals surface area contributed by atoms with Crippen molar-refractivity contribution in [2.24, 2.45) is 0 Å². The summed E-state index contributed by atoms with van der Waals surface area (Å²) in [4.78, 5) is 11.1. The molecule has 0 radical (unpaired) electrons. The number of aliphatic hydroxyl groups is 1. The number of carbonyl (C=O) groups is 1. The van der Waals surface area contributed by atoms with Gasteiger partial charge < -0.3 is 19.9 Å². The molecule has 1 saturated heterocycles. The van der Waals surface area contributed by atoms with Gasteiger partial charge in [-0.25, -0.2) is 0 Å². The molecule has 0 saturated carbocycles. The van der Waals surface area contributed by atoms with E-state index >= 15 is 0 Å². The number of hydrogen-bond donors (Lipinski definition) is 2. The zero-order valence-corrected chi connectivity index (χ0v) is 8.91. The van der Waals surface area contributed by atoms with E-state index in [4.69, 9.17) is 14.6 Å². The smallest absolute Gasteiger partial charge is 0.222 e. The molecule has 5 nitrogen and oxygen atoms in total. The second-order valence-electron chi connectivity index (χ2n) is 3.53. The molecule has 1 aliphatic rings. The maximum atomic E-state index is 11.1. The van der Waals surface area contributed by atoms with Gasteiger partial charge in [0.05, 0.1) is 25.9 Å². The molecule has 1 amide bonds. The van der Waals surface area contributed by atoms with Crippen LogP contribution in [0.5, 0.6) is 0 Å². The minimum Gasteiger partial charge on any atom is -0.395 e. The molecule has 0 aromatic rings. The fourth-order valence-corrected chi connectivity index (χ4v) is 1.44. The van der Waals surface area contributed by atoms with Gasteiger partial charge in [-0.3, -0.25) is 4.79 Å². The Morgan fingerprint density at radius 2 is 2.47 bits per heavy atom. The van der Waals surface area contributed by atoms with Gasteiger partial charge in [-0.15, -0.1) is 0 Å². The molecular weight excluding hydrogens is 198 g/mol. The molecular formula is C10H19NO4. The van der Waals surface area contributed by atoms with Crippen LogP contribution in [0.1, 0.15) is 19.3 Å². The summed E-state index contributed by atoms with van der Waals surface area (Å²) in [6, 6.07) is 0. The number of carbonyl (C=O) groups excluding carboxylic acids is 1. The van der Waals surface area contributed by atoms with E-state index in [2.05, 4.69) is 5.32 Å². The fraction of sp³-hybridized carbons (Fsp3) is 0.900. The SMILES string of the molecule is O=C(CCOCC1CCCO1)NCCO. The van der Waals surface area contributed by atoms with Crippen molar-refractivity contribution in [1.82, 2.24) is 5.32 Å². The van der Waals surface area contributed by atoms with Crippen LogP contribution in [0.4, 0.5) is 0 Å². The highest BCUT2D eigenvalue weighted by molar-refractivity contribution is 5.75. The molecule has 1 unspecified atom stereocenters. The summed E-state index contributed by atoms with van der Waals surface area (Å²) in [5.74, 6) is -0.0867. The topological polar surface area (TPSA) is 67.8 Å². The first-order valence-electron chi connectivity index (χ1n) is 5.40. The third-order valence-electron chi connectivity index (χ3n) is 2.24. The monoisotopic (exact) mass is 217 g/mol. The highest BCUT2D eigenvalue weighted by atomic mass is 16.5. The zero-order chi connectivity index (χ0) is 10.9. The van der Waals surface area contributed by atoms with E-state index in [-0.39, 0.29) is 18.6 Å². The predicted octanol–water partition coefficient (Wildman–Crippen LogP) is -0.319. The lowest BCUT2D eigenvalue weighted by Gasteiger charge is -2.09. The average molecular weight is 217 g/mol. The maximum absolute atomic E-state index is 11.1. The second-order valence-corrected chi connectivity index (χ2v) is 3.53. The lowest BCUT2D eigenvalue weighted by Crippen LogP contribution is -2.27. The van der Waals surface area contributed by atoms with Crippen LogP contribution in [-0.2, 0) is 14.3 Å². The molecule has 1 fully saturated rings. The first-order valence-corrected chi connectivity index (χ1v) is 5.40. The highest BCUT2D eigenvalue weighted by Crippen LogP contribution is 2.11. The third-order valence-corrected chi connectivity index (χ3v) is 2.24. The zero-order valence-electron chi connectivity index (χ0n) is 8.91. The number of nitrogens with one attached hydrogen (secondary N) is 1. The van der Waals surface area contributed by atoms with Crippen LogP contribution in [0.15, 0.2) is 0 Å². The molecule has 1 heterocycles. The van der Waals surface area contributed by atoms with Gasteiger partial charge in [0.1, 0.15) is 0 Å². The molecule has 1 atom stereocenters. The van der Waals surface area contributed by atoms with Crippen molar-refractivity contribution in [2.75, 3.05) is 33.0 Å². The standard InChI is InChI=1S/C10H19NO4/c12-5-4-11-10(13)3-7-14-8-9-2-1-6-15-9/h9,12H,1-8H2,(H,11,13). The second kappa shape index (κ2) is 7.62. The molecule has 0 aromatic heterocycles. The summed E-state index contributed by atoms with van der Waals surface area (Å²) in [7, 11) is 0. The largest absolute Gasteiger partial charge is 0.395 e. The molecule has 1 rings (SSSR count). The van der Waals surface area contributed by atoms with E-state index in [1.54, 1.807) is 0 Å². The quantitative estimate of drug-likeness (QED) is 0.574. The van der Waals surface area contributed by atoms with Crippen LogP contribution in [0.3, 0.4) is 0 Å². The summed E-state index contributed by atoms with van der Waals surface area (Å²) in [6.45, 7) is 2.10. The van der Waals surface area contributed by atoms with E-state index in [0.717, 1.165) is 19.4 Å². The Balaban J connectivity index is 1.89. The molecule has 0 bridgehead atoms. The minimum atomic E-state index is -0.0867. The molecule has 2 N–H and O–H groups in total. The van der Waals surface area contributed by atoms with Crippen LogP contribution in [-0.4, -0.2) is 50.1 Å². The average Bonchev–Trinajstić information content (AvgIpc) is 2.74. The predicted molar refractivity (Wildman–Crippen MR) is 54.5 cm³/mol. The van der Waals surface area contributed by atoms with Gasteiger partial charge in [0.15, 0.2) is 0 Å². The molecule has 88 valence electrons. The van der Waals surface area contributed by atoms with E-state index in [1.165, 1.54) is 0 Å². The highest BCUT2D eigenvalue weighted by Gasteiger charge is 2.15. The number of hydrogen-bond acceptors (Lipinski definition) is 4. The van der Waals surface area contributed by atoms with Crippen molar-refractivity contribution in [3.8, 4) is 0 Å². The van der Waals surface area contributed by atoms with Crippen LogP contribution >= 0.6 is 0 Å². The number of rotatable bonds is 7. The van der Waals surface area contributed by atoms with Crippen LogP contribution in [0.25, 0.3) is 0 Å². The van der Waals surface area contributed by atoms with Gasteiger partial charge in [0, 0.05) is 19.6 Å². The van der Waals surface area contributed by atoms with E-state index in [1.807, 2.05) is 0 Å². The van der Waals surface area contributed by atoms with Crippen molar-refractivity contribution in [1.29, 1.82) is 0 Å². The lowest BCUT2D eigenvalue weighted by molar-refractivity contribution is -0.122. The Bertz CT molecular complexity index is 180. The van der Waals surface area contributed by atoms with Gasteiger partial charge in [0.25, 0.3) is 0 Å². The van der Waals surface area contributed by atoms with Gasteiger partial charge in [-0.1, -0.05) is 0 Å². The van der Waals surface area contributed by atoms with Crippen LogP contribution < -0.4 is 5.32 Å². The number of amides is 1. The molecule has 15 heavy (non-hydrogen) atoms. The Morgan fingerprint density at radius 1 is 1.60 bits per heavy atom. The molecule has 1 aliphatic heterocycles. The van der Waals surface area contributed by atoms with Crippen molar-refractivity contribution in [3.63, 3.8) is 0 Å². The summed E-state index contributed by atoms with van der Waals surface area (Å²) < 4.78 is 10.7. The summed E-state index contributed by atoms with van der Waals surface area (Å²) in [6.07, 6.45) is 2.71. The maximum Gasteiger partial charge on any atom is 0.222 e. The fourth-order valence-electron chi connectivity index (χ4n) is 1.44. The van der Waals surface area contributed by atoms with Crippen molar-refractivity contribution < 1.29 is 19.4 Å². The van der Waals surface area contributed by atoms with Crippen molar-refractivity contribution in [3.05, 3.63) is 0 Å². The minimum absolute atomic E-state index is 0.0253. The van der Waals surface area contributed by atoms with Gasteiger partial charge in [-0.05, 0) is 12.8 Å². The Morgan fingerprint density at radius 3 is 3.13 bits per heavy atom. The van der Waals surface area contributed by atoms with E-state index in [0.29, 0.717) is 26.2 Å². The van der Waals surface area contributed by atoms with Gasteiger partial charge >= 0.3 is 0 Å². The van der Waals surface area contributed by atoms with Crippen LogP contribution in [0, 0.1) is 0 Å². The van der Waals surface area contributed by atoms with Crippen molar-refractivity contribution >= 4 is 5.91 Å².